The normalized spacial score (nSPS) is 17.1. The van der Waals surface area contributed by atoms with E-state index in [9.17, 15) is 4.79 Å². The number of nitrogens with zero attached hydrogens (tertiary/aromatic N) is 1. The molecule has 0 bridgehead atoms. The van der Waals surface area contributed by atoms with Crippen molar-refractivity contribution in [2.75, 3.05) is 18.4 Å². The molecule has 1 amide bonds. The molecule has 1 aromatic rings. The first-order valence-corrected chi connectivity index (χ1v) is 6.93. The van der Waals surface area contributed by atoms with Crippen LogP contribution < -0.4 is 16.4 Å². The summed E-state index contributed by atoms with van der Waals surface area (Å²) in [6.45, 7) is 1.44. The Morgan fingerprint density at radius 1 is 1.32 bits per heavy atom. The minimum absolute atomic E-state index is 0.00263. The van der Waals surface area contributed by atoms with Crippen molar-refractivity contribution in [2.45, 2.75) is 37.6 Å². The maximum absolute atomic E-state index is 11.9. The highest BCUT2D eigenvalue weighted by Crippen LogP contribution is 2.27. The van der Waals surface area contributed by atoms with Crippen LogP contribution in [0.5, 0.6) is 0 Å². The molecule has 5 heteroatoms. The number of nitrogens with two attached hydrogens (primary N) is 1. The van der Waals surface area contributed by atoms with Gasteiger partial charge in [-0.1, -0.05) is 18.9 Å². The summed E-state index contributed by atoms with van der Waals surface area (Å²) in [6.07, 6.45) is 6.35. The van der Waals surface area contributed by atoms with Crippen LogP contribution in [-0.2, 0) is 4.79 Å². The lowest BCUT2D eigenvalue weighted by molar-refractivity contribution is -0.126. The molecule has 1 aliphatic carbocycles. The van der Waals surface area contributed by atoms with Crippen molar-refractivity contribution in [3.63, 3.8) is 0 Å². The Morgan fingerprint density at radius 3 is 2.79 bits per heavy atom. The Morgan fingerprint density at radius 2 is 2.11 bits per heavy atom. The topological polar surface area (TPSA) is 80.0 Å². The Kier molecular flexibility index (Phi) is 4.74. The molecule has 19 heavy (non-hydrogen) atoms. The van der Waals surface area contributed by atoms with E-state index in [1.54, 1.807) is 6.20 Å². The largest absolute Gasteiger partial charge is 0.370 e. The van der Waals surface area contributed by atoms with Gasteiger partial charge in [0.15, 0.2) is 0 Å². The van der Waals surface area contributed by atoms with E-state index in [2.05, 4.69) is 15.6 Å². The second-order valence-electron chi connectivity index (χ2n) is 5.11. The van der Waals surface area contributed by atoms with E-state index < -0.39 is 5.54 Å². The SMILES string of the molecule is NC1(C(=O)NCCCNc2ccccn2)CCCC1. The third kappa shape index (κ3) is 3.92. The van der Waals surface area contributed by atoms with Crippen LogP contribution in [0.3, 0.4) is 0 Å². The lowest BCUT2D eigenvalue weighted by Gasteiger charge is -2.22. The van der Waals surface area contributed by atoms with Crippen LogP contribution in [0.2, 0.25) is 0 Å². The van der Waals surface area contributed by atoms with E-state index >= 15 is 0 Å². The van der Waals surface area contributed by atoms with Gasteiger partial charge in [-0.2, -0.15) is 0 Å². The summed E-state index contributed by atoms with van der Waals surface area (Å²) in [6, 6.07) is 5.75. The summed E-state index contributed by atoms with van der Waals surface area (Å²) in [5, 5.41) is 6.13. The lowest BCUT2D eigenvalue weighted by Crippen LogP contribution is -2.52. The van der Waals surface area contributed by atoms with E-state index in [0.29, 0.717) is 6.54 Å². The van der Waals surface area contributed by atoms with Gasteiger partial charge >= 0.3 is 0 Å². The summed E-state index contributed by atoms with van der Waals surface area (Å²) in [5.74, 6) is 0.864. The summed E-state index contributed by atoms with van der Waals surface area (Å²) in [5.41, 5.74) is 5.45. The van der Waals surface area contributed by atoms with Crippen molar-refractivity contribution < 1.29 is 4.79 Å². The molecule has 5 nitrogen and oxygen atoms in total. The van der Waals surface area contributed by atoms with Crippen LogP contribution in [0.15, 0.2) is 24.4 Å². The molecule has 1 saturated carbocycles. The van der Waals surface area contributed by atoms with Crippen LogP contribution in [0.1, 0.15) is 32.1 Å². The van der Waals surface area contributed by atoms with Gasteiger partial charge in [0.05, 0.1) is 5.54 Å². The molecule has 4 N–H and O–H groups in total. The molecule has 1 heterocycles. The van der Waals surface area contributed by atoms with Gasteiger partial charge in [-0.15, -0.1) is 0 Å². The number of nitrogens with one attached hydrogen (secondary N) is 2. The van der Waals surface area contributed by atoms with Gasteiger partial charge < -0.3 is 16.4 Å². The van der Waals surface area contributed by atoms with Crippen molar-refractivity contribution in [1.82, 2.24) is 10.3 Å². The van der Waals surface area contributed by atoms with Crippen molar-refractivity contribution in [1.29, 1.82) is 0 Å². The maximum atomic E-state index is 11.9. The van der Waals surface area contributed by atoms with Gasteiger partial charge in [0.1, 0.15) is 5.82 Å². The molecule has 0 aliphatic heterocycles. The Labute approximate surface area is 114 Å². The van der Waals surface area contributed by atoms with Gasteiger partial charge in [-0.05, 0) is 31.4 Å². The van der Waals surface area contributed by atoms with Crippen LogP contribution in [0.25, 0.3) is 0 Å². The lowest BCUT2D eigenvalue weighted by atomic mass is 9.98. The monoisotopic (exact) mass is 262 g/mol. The van der Waals surface area contributed by atoms with Crippen molar-refractivity contribution in [3.05, 3.63) is 24.4 Å². The van der Waals surface area contributed by atoms with Gasteiger partial charge in [0, 0.05) is 19.3 Å². The summed E-state index contributed by atoms with van der Waals surface area (Å²) < 4.78 is 0. The fourth-order valence-electron chi connectivity index (χ4n) is 2.38. The van der Waals surface area contributed by atoms with E-state index in [-0.39, 0.29) is 5.91 Å². The molecule has 1 aromatic heterocycles. The van der Waals surface area contributed by atoms with E-state index in [4.69, 9.17) is 5.73 Å². The molecule has 0 unspecified atom stereocenters. The molecule has 0 aromatic carbocycles. The first-order valence-electron chi connectivity index (χ1n) is 6.93. The number of amides is 1. The number of carbonyl (C=O) groups is 1. The molecular weight excluding hydrogens is 240 g/mol. The fourth-order valence-corrected chi connectivity index (χ4v) is 2.38. The second kappa shape index (κ2) is 6.52. The number of hydrogen-bond acceptors (Lipinski definition) is 4. The summed E-state index contributed by atoms with van der Waals surface area (Å²) in [4.78, 5) is 16.1. The predicted molar refractivity (Wildman–Crippen MR) is 75.7 cm³/mol. The minimum atomic E-state index is -0.617. The number of carbonyl (C=O) groups excluding carboxylic acids is 1. The summed E-state index contributed by atoms with van der Waals surface area (Å²) >= 11 is 0. The third-order valence-corrected chi connectivity index (χ3v) is 3.56. The molecule has 0 radical (unpaired) electrons. The van der Waals surface area contributed by atoms with Crippen molar-refractivity contribution in [3.8, 4) is 0 Å². The number of rotatable bonds is 6. The van der Waals surface area contributed by atoms with Gasteiger partial charge in [-0.25, -0.2) is 4.98 Å². The van der Waals surface area contributed by atoms with Gasteiger partial charge in [0.2, 0.25) is 5.91 Å². The third-order valence-electron chi connectivity index (χ3n) is 3.56. The Bertz CT molecular complexity index is 401. The zero-order valence-electron chi connectivity index (χ0n) is 11.2. The Balaban J connectivity index is 1.60. The number of aromatic nitrogens is 1. The maximum Gasteiger partial charge on any atom is 0.240 e. The van der Waals surface area contributed by atoms with E-state index in [0.717, 1.165) is 44.5 Å². The first kappa shape index (κ1) is 13.8. The van der Waals surface area contributed by atoms with Gasteiger partial charge in [-0.3, -0.25) is 4.79 Å². The van der Waals surface area contributed by atoms with Crippen LogP contribution in [0.4, 0.5) is 5.82 Å². The molecule has 0 saturated heterocycles. The highest BCUT2D eigenvalue weighted by molar-refractivity contribution is 5.86. The fraction of sp³-hybridized carbons (Fsp3) is 0.571. The van der Waals surface area contributed by atoms with Crippen molar-refractivity contribution in [2.24, 2.45) is 5.73 Å². The molecule has 1 aliphatic rings. The Hall–Kier alpha value is -1.62. The number of hydrogen-bond donors (Lipinski definition) is 3. The molecule has 0 spiro atoms. The second-order valence-corrected chi connectivity index (χ2v) is 5.11. The smallest absolute Gasteiger partial charge is 0.240 e. The first-order chi connectivity index (χ1) is 9.21. The molecule has 104 valence electrons. The zero-order chi connectivity index (χ0) is 13.6. The van der Waals surface area contributed by atoms with Crippen LogP contribution >= 0.6 is 0 Å². The molecule has 1 fully saturated rings. The van der Waals surface area contributed by atoms with Crippen molar-refractivity contribution >= 4 is 11.7 Å². The zero-order valence-corrected chi connectivity index (χ0v) is 11.2. The predicted octanol–water partition coefficient (Wildman–Crippen LogP) is 1.27. The molecule has 2 rings (SSSR count). The standard InChI is InChI=1S/C14H22N4O/c15-14(7-2-3-8-14)13(19)18-11-5-10-17-12-6-1-4-9-16-12/h1,4,6,9H,2-3,5,7-8,10-11,15H2,(H,16,17)(H,18,19). The number of pyridine rings is 1. The van der Waals surface area contributed by atoms with E-state index in [1.807, 2.05) is 18.2 Å². The van der Waals surface area contributed by atoms with Gasteiger partial charge in [0.25, 0.3) is 0 Å². The average Bonchev–Trinajstić information content (AvgIpc) is 2.88. The molecule has 0 atom stereocenters. The highest BCUT2D eigenvalue weighted by atomic mass is 16.2. The summed E-state index contributed by atoms with van der Waals surface area (Å²) in [7, 11) is 0. The quantitative estimate of drug-likeness (QED) is 0.674. The number of anilines is 1. The average molecular weight is 262 g/mol. The highest BCUT2D eigenvalue weighted by Gasteiger charge is 2.36. The van der Waals surface area contributed by atoms with E-state index in [1.165, 1.54) is 0 Å². The van der Waals surface area contributed by atoms with Crippen LogP contribution in [0, 0.1) is 0 Å². The molecular formula is C14H22N4O. The minimum Gasteiger partial charge on any atom is -0.370 e. The van der Waals surface area contributed by atoms with Crippen LogP contribution in [-0.4, -0.2) is 29.5 Å².